The smallest absolute Gasteiger partial charge is 0.264 e. The number of rotatable bonds is 6. The SMILES string of the molecule is O=C1NC(=Nc2ccc(F)cc2)S/C1=C\c1ccc(OCc2cccc(C(=O)[O-])c2)cc1. The van der Waals surface area contributed by atoms with E-state index in [9.17, 15) is 19.1 Å². The van der Waals surface area contributed by atoms with Gasteiger partial charge in [0.05, 0.1) is 16.6 Å². The number of ether oxygens (including phenoxy) is 1. The Bertz CT molecular complexity index is 1220. The number of carbonyl (C=O) groups is 2. The number of nitrogens with one attached hydrogen (secondary N) is 1. The van der Waals surface area contributed by atoms with E-state index in [1.54, 1.807) is 30.3 Å². The minimum atomic E-state index is -1.23. The number of hydrogen-bond acceptors (Lipinski definition) is 6. The van der Waals surface area contributed by atoms with Crippen LogP contribution in [-0.4, -0.2) is 17.0 Å². The van der Waals surface area contributed by atoms with E-state index in [2.05, 4.69) is 10.3 Å². The summed E-state index contributed by atoms with van der Waals surface area (Å²) in [5, 5.41) is 14.1. The summed E-state index contributed by atoms with van der Waals surface area (Å²) < 4.78 is 18.7. The number of carboxylic acid groups (broad SMARTS) is 1. The molecule has 8 heteroatoms. The number of hydrogen-bond donors (Lipinski definition) is 1. The van der Waals surface area contributed by atoms with Gasteiger partial charge in [0.15, 0.2) is 5.17 Å². The maximum atomic E-state index is 13.0. The Morgan fingerprint density at radius 1 is 1.09 bits per heavy atom. The van der Waals surface area contributed by atoms with Crippen LogP contribution in [0.15, 0.2) is 82.7 Å². The molecule has 160 valence electrons. The molecule has 1 aliphatic rings. The van der Waals surface area contributed by atoms with E-state index in [1.807, 2.05) is 12.1 Å². The number of carboxylic acids is 1. The van der Waals surface area contributed by atoms with E-state index in [0.29, 0.717) is 27.1 Å². The van der Waals surface area contributed by atoms with E-state index in [1.165, 1.54) is 48.2 Å². The van der Waals surface area contributed by atoms with Crippen LogP contribution in [0.2, 0.25) is 0 Å². The van der Waals surface area contributed by atoms with Crippen molar-refractivity contribution in [2.24, 2.45) is 4.99 Å². The highest BCUT2D eigenvalue weighted by Crippen LogP contribution is 2.28. The van der Waals surface area contributed by atoms with E-state index in [4.69, 9.17) is 4.74 Å². The van der Waals surface area contributed by atoms with Crippen molar-refractivity contribution >= 4 is 40.6 Å². The molecule has 0 bridgehead atoms. The molecule has 3 aromatic carbocycles. The fraction of sp³-hybridized carbons (Fsp3) is 0.0417. The number of aliphatic imine (C=N–C) groups is 1. The van der Waals surface area contributed by atoms with E-state index in [-0.39, 0.29) is 23.9 Å². The van der Waals surface area contributed by atoms with Gasteiger partial charge in [-0.2, -0.15) is 0 Å². The fourth-order valence-corrected chi connectivity index (χ4v) is 3.72. The molecule has 0 atom stereocenters. The summed E-state index contributed by atoms with van der Waals surface area (Å²) in [6, 6.07) is 19.2. The molecule has 6 nitrogen and oxygen atoms in total. The van der Waals surface area contributed by atoms with Crippen molar-refractivity contribution in [2.45, 2.75) is 6.61 Å². The maximum Gasteiger partial charge on any atom is 0.264 e. The minimum absolute atomic E-state index is 0.0998. The zero-order valence-corrected chi connectivity index (χ0v) is 17.4. The number of amidine groups is 1. The minimum Gasteiger partial charge on any atom is -0.545 e. The molecule has 4 rings (SSSR count). The standard InChI is InChI=1S/C24H17FN2O4S/c25-18-6-8-19(9-7-18)26-24-27-22(28)21(32-24)13-15-4-10-20(11-5-15)31-14-16-2-1-3-17(12-16)23(29)30/h1-13H,14H2,(H,29,30)(H,26,27,28)/p-1/b21-13-. The predicted molar refractivity (Wildman–Crippen MR) is 119 cm³/mol. The molecule has 0 radical (unpaired) electrons. The number of benzene rings is 3. The van der Waals surface area contributed by atoms with E-state index >= 15 is 0 Å². The molecule has 1 fully saturated rings. The van der Waals surface area contributed by atoms with Gasteiger partial charge in [-0.15, -0.1) is 0 Å². The first kappa shape index (κ1) is 21.3. The molecule has 1 saturated heterocycles. The lowest BCUT2D eigenvalue weighted by Gasteiger charge is -2.08. The van der Waals surface area contributed by atoms with Crippen molar-refractivity contribution in [3.63, 3.8) is 0 Å². The van der Waals surface area contributed by atoms with Gasteiger partial charge < -0.3 is 20.0 Å². The van der Waals surface area contributed by atoms with Crippen LogP contribution in [0.25, 0.3) is 6.08 Å². The molecule has 0 saturated carbocycles. The van der Waals surface area contributed by atoms with Gasteiger partial charge in [-0.3, -0.25) is 4.79 Å². The summed E-state index contributed by atoms with van der Waals surface area (Å²) in [4.78, 5) is 28.0. The van der Waals surface area contributed by atoms with Gasteiger partial charge >= 0.3 is 0 Å². The van der Waals surface area contributed by atoms with Crippen LogP contribution < -0.4 is 15.2 Å². The van der Waals surface area contributed by atoms with Crippen LogP contribution in [0.4, 0.5) is 10.1 Å². The normalized spacial score (nSPS) is 15.7. The second-order valence-electron chi connectivity index (χ2n) is 6.80. The number of nitrogens with zero attached hydrogens (tertiary/aromatic N) is 1. The molecule has 1 amide bonds. The van der Waals surface area contributed by atoms with Crippen LogP contribution in [0.3, 0.4) is 0 Å². The van der Waals surface area contributed by atoms with Gasteiger partial charge in [0.1, 0.15) is 18.2 Å². The number of amides is 1. The molecule has 32 heavy (non-hydrogen) atoms. The summed E-state index contributed by atoms with van der Waals surface area (Å²) >= 11 is 1.20. The maximum absolute atomic E-state index is 13.0. The predicted octanol–water partition coefficient (Wildman–Crippen LogP) is 3.66. The zero-order chi connectivity index (χ0) is 22.5. The van der Waals surface area contributed by atoms with E-state index in [0.717, 1.165) is 5.56 Å². The highest BCUT2D eigenvalue weighted by molar-refractivity contribution is 8.18. The lowest BCUT2D eigenvalue weighted by atomic mass is 10.1. The molecule has 3 aromatic rings. The summed E-state index contributed by atoms with van der Waals surface area (Å²) in [7, 11) is 0. The zero-order valence-electron chi connectivity index (χ0n) is 16.6. The van der Waals surface area contributed by atoms with Gasteiger partial charge in [0.2, 0.25) is 0 Å². The molecule has 0 unspecified atom stereocenters. The van der Waals surface area contributed by atoms with Crippen molar-refractivity contribution in [1.29, 1.82) is 0 Å². The van der Waals surface area contributed by atoms with Crippen molar-refractivity contribution < 1.29 is 23.8 Å². The molecule has 0 spiro atoms. The van der Waals surface area contributed by atoms with Gasteiger partial charge in [-0.05, 0) is 77.0 Å². The topological polar surface area (TPSA) is 90.8 Å². The number of halogens is 1. The third kappa shape index (κ3) is 5.41. The van der Waals surface area contributed by atoms with Gasteiger partial charge in [0.25, 0.3) is 5.91 Å². The van der Waals surface area contributed by atoms with E-state index < -0.39 is 5.97 Å². The van der Waals surface area contributed by atoms with Crippen LogP contribution in [0.5, 0.6) is 5.75 Å². The van der Waals surface area contributed by atoms with Crippen molar-refractivity contribution in [3.8, 4) is 5.75 Å². The molecular formula is C24H16FN2O4S-. The number of carbonyl (C=O) groups excluding carboxylic acids is 2. The lowest BCUT2D eigenvalue weighted by Crippen LogP contribution is -2.22. The first-order valence-corrected chi connectivity index (χ1v) is 10.4. The Morgan fingerprint density at radius 2 is 1.84 bits per heavy atom. The Hall–Kier alpha value is -3.91. The van der Waals surface area contributed by atoms with Crippen LogP contribution >= 0.6 is 11.8 Å². The highest BCUT2D eigenvalue weighted by atomic mass is 32.2. The third-order valence-electron chi connectivity index (χ3n) is 4.45. The first-order chi connectivity index (χ1) is 15.5. The average Bonchev–Trinajstić information content (AvgIpc) is 3.13. The van der Waals surface area contributed by atoms with Crippen LogP contribution in [0, 0.1) is 5.82 Å². The molecule has 1 aliphatic heterocycles. The van der Waals surface area contributed by atoms with Crippen molar-refractivity contribution in [3.05, 3.63) is 100 Å². The van der Waals surface area contributed by atoms with Gasteiger partial charge in [0, 0.05) is 0 Å². The highest BCUT2D eigenvalue weighted by Gasteiger charge is 2.23. The monoisotopic (exact) mass is 447 g/mol. The Labute approximate surface area is 187 Å². The van der Waals surface area contributed by atoms with Crippen molar-refractivity contribution in [1.82, 2.24) is 5.32 Å². The van der Waals surface area contributed by atoms with Gasteiger partial charge in [-0.25, -0.2) is 9.38 Å². The summed E-state index contributed by atoms with van der Waals surface area (Å²) in [6.45, 7) is 0.211. The molecule has 1 N–H and O–H groups in total. The molecule has 0 aromatic heterocycles. The fourth-order valence-electron chi connectivity index (χ4n) is 2.88. The Morgan fingerprint density at radius 3 is 2.56 bits per heavy atom. The molecular weight excluding hydrogens is 431 g/mol. The largest absolute Gasteiger partial charge is 0.545 e. The quantitative estimate of drug-likeness (QED) is 0.583. The summed E-state index contributed by atoms with van der Waals surface area (Å²) in [5.74, 6) is -1.24. The molecule has 0 aliphatic carbocycles. The number of aromatic carboxylic acids is 1. The Kier molecular flexibility index (Phi) is 6.32. The summed E-state index contributed by atoms with van der Waals surface area (Å²) in [5.41, 5.74) is 2.16. The van der Waals surface area contributed by atoms with Gasteiger partial charge in [-0.1, -0.05) is 30.3 Å². The third-order valence-corrected chi connectivity index (χ3v) is 5.36. The lowest BCUT2D eigenvalue weighted by molar-refractivity contribution is -0.255. The summed E-state index contributed by atoms with van der Waals surface area (Å²) in [6.07, 6.45) is 1.74. The van der Waals surface area contributed by atoms with Crippen LogP contribution in [0.1, 0.15) is 21.5 Å². The molecule has 1 heterocycles. The number of thioether (sulfide) groups is 1. The van der Waals surface area contributed by atoms with Crippen LogP contribution in [-0.2, 0) is 11.4 Å². The Balaban J connectivity index is 1.39. The second-order valence-corrected chi connectivity index (χ2v) is 7.83. The second kappa shape index (κ2) is 9.49. The van der Waals surface area contributed by atoms with Crippen molar-refractivity contribution in [2.75, 3.05) is 0 Å². The average molecular weight is 447 g/mol. The first-order valence-electron chi connectivity index (χ1n) is 9.54.